The van der Waals surface area contributed by atoms with Crippen molar-refractivity contribution in [3.8, 4) is 11.5 Å². The molecule has 0 bridgehead atoms. The number of benzene rings is 2. The van der Waals surface area contributed by atoms with Crippen LogP contribution < -0.4 is 11.1 Å². The Morgan fingerprint density at radius 1 is 1.19 bits per heavy atom. The van der Waals surface area contributed by atoms with Crippen LogP contribution >= 0.6 is 11.6 Å². The van der Waals surface area contributed by atoms with E-state index in [1.54, 1.807) is 13.0 Å². The van der Waals surface area contributed by atoms with Gasteiger partial charge in [-0.1, -0.05) is 49.2 Å². The highest BCUT2D eigenvalue weighted by atomic mass is 35.5. The van der Waals surface area contributed by atoms with Gasteiger partial charge in [0.05, 0.1) is 11.1 Å². The summed E-state index contributed by atoms with van der Waals surface area (Å²) >= 11 is 6.26. The number of carboxylic acid groups (broad SMARTS) is 1. The van der Waals surface area contributed by atoms with Crippen LogP contribution in [0.2, 0.25) is 5.02 Å². The van der Waals surface area contributed by atoms with E-state index in [1.165, 1.54) is 0 Å². The van der Waals surface area contributed by atoms with Gasteiger partial charge in [-0.25, -0.2) is 9.97 Å². The van der Waals surface area contributed by atoms with E-state index in [1.807, 2.05) is 41.1 Å². The molecule has 2 aromatic carbocycles. The Balaban J connectivity index is 1.56. The minimum absolute atomic E-state index is 0.0403. The first-order valence-corrected chi connectivity index (χ1v) is 12.6. The van der Waals surface area contributed by atoms with Crippen molar-refractivity contribution in [1.82, 2.24) is 19.7 Å². The van der Waals surface area contributed by atoms with Crippen molar-refractivity contribution < 1.29 is 14.7 Å². The molecular formula is C27H27ClN6O3. The molecule has 5 rings (SSSR count). The number of carbonyl (C=O) groups excluding carboxylic acids is 1. The number of amides is 1. The summed E-state index contributed by atoms with van der Waals surface area (Å²) in [6.07, 6.45) is 2.43. The highest BCUT2D eigenvalue weighted by Crippen LogP contribution is 2.45. The molecule has 1 aliphatic rings. The zero-order valence-electron chi connectivity index (χ0n) is 20.6. The number of carbonyl (C=O) groups is 2. The number of unbranched alkanes of at least 4 members (excludes halogenated alkanes) is 1. The number of nitrogens with two attached hydrogens (primary N) is 1. The van der Waals surface area contributed by atoms with E-state index in [0.717, 1.165) is 41.4 Å². The third kappa shape index (κ3) is 4.29. The molecule has 10 heteroatoms. The molecule has 3 heterocycles. The maximum atomic E-state index is 13.3. The van der Waals surface area contributed by atoms with Crippen LogP contribution in [0, 0.1) is 0 Å². The Hall–Kier alpha value is -3.98. The smallest absolute Gasteiger partial charge is 0.303 e. The molecule has 0 saturated heterocycles. The summed E-state index contributed by atoms with van der Waals surface area (Å²) in [5.74, 6) is -0.237. The highest BCUT2D eigenvalue weighted by Gasteiger charge is 2.47. The fourth-order valence-electron chi connectivity index (χ4n) is 4.84. The van der Waals surface area contributed by atoms with Crippen LogP contribution in [0.3, 0.4) is 0 Å². The fraction of sp³-hybridized carbons (Fsp3) is 0.296. The van der Waals surface area contributed by atoms with Gasteiger partial charge in [0.1, 0.15) is 22.7 Å². The summed E-state index contributed by atoms with van der Waals surface area (Å²) in [4.78, 5) is 33.5. The summed E-state index contributed by atoms with van der Waals surface area (Å²) in [5, 5.41) is 18.1. The number of anilines is 2. The van der Waals surface area contributed by atoms with E-state index >= 15 is 0 Å². The average Bonchev–Trinajstić information content (AvgIpc) is 3.36. The summed E-state index contributed by atoms with van der Waals surface area (Å²) in [6, 6.07) is 12.9. The second kappa shape index (κ2) is 9.48. The van der Waals surface area contributed by atoms with Crippen LogP contribution in [-0.4, -0.2) is 36.7 Å². The highest BCUT2D eigenvalue weighted by molar-refractivity contribution is 6.31. The molecule has 1 amide bonds. The lowest BCUT2D eigenvalue weighted by molar-refractivity contribution is -0.137. The maximum absolute atomic E-state index is 13.3. The number of aryl methyl sites for hydroxylation is 2. The minimum Gasteiger partial charge on any atom is -0.481 e. The zero-order chi connectivity index (χ0) is 26.3. The standard InChI is InChI=1S/C27H27ClN6O3/c1-3-4-13-34-19-14-17(28)10-11-18(19)22(33-34)25-30-23(29)21-24(31-25)32-26(37)27(21,2)16-8-5-15(6-9-16)7-12-20(35)36/h5-6,8-11,14H,3-4,7,12-13H2,1-2H3,(H,35,36)(H3,29,30,31,32,37). The molecule has 1 unspecified atom stereocenters. The first-order chi connectivity index (χ1) is 17.7. The van der Waals surface area contributed by atoms with Gasteiger partial charge in [0.25, 0.3) is 0 Å². The molecule has 1 aliphatic heterocycles. The number of carboxylic acids is 1. The van der Waals surface area contributed by atoms with Gasteiger partial charge in [0.15, 0.2) is 5.82 Å². The van der Waals surface area contributed by atoms with E-state index in [4.69, 9.17) is 32.5 Å². The van der Waals surface area contributed by atoms with Crippen molar-refractivity contribution in [2.45, 2.75) is 51.5 Å². The Kier molecular flexibility index (Phi) is 6.33. The van der Waals surface area contributed by atoms with Crippen molar-refractivity contribution in [3.63, 3.8) is 0 Å². The summed E-state index contributed by atoms with van der Waals surface area (Å²) < 4.78 is 1.90. The van der Waals surface area contributed by atoms with E-state index in [2.05, 4.69) is 17.2 Å². The van der Waals surface area contributed by atoms with Crippen LogP contribution in [0.4, 0.5) is 11.6 Å². The molecule has 0 aliphatic carbocycles. The molecule has 4 aromatic rings. The van der Waals surface area contributed by atoms with Crippen LogP contribution in [0.5, 0.6) is 0 Å². The van der Waals surface area contributed by atoms with Gasteiger partial charge in [-0.15, -0.1) is 0 Å². The molecule has 0 fully saturated rings. The molecule has 0 spiro atoms. The first kappa shape index (κ1) is 24.7. The Morgan fingerprint density at radius 2 is 1.95 bits per heavy atom. The molecule has 37 heavy (non-hydrogen) atoms. The van der Waals surface area contributed by atoms with Gasteiger partial charge < -0.3 is 16.2 Å². The van der Waals surface area contributed by atoms with Gasteiger partial charge in [-0.3, -0.25) is 14.3 Å². The van der Waals surface area contributed by atoms with Crippen molar-refractivity contribution >= 4 is 46.0 Å². The van der Waals surface area contributed by atoms with Gasteiger partial charge >= 0.3 is 5.97 Å². The monoisotopic (exact) mass is 518 g/mol. The van der Waals surface area contributed by atoms with Crippen molar-refractivity contribution in [1.29, 1.82) is 0 Å². The fourth-order valence-corrected chi connectivity index (χ4v) is 5.00. The molecule has 9 nitrogen and oxygen atoms in total. The van der Waals surface area contributed by atoms with E-state index in [0.29, 0.717) is 34.3 Å². The number of aliphatic carboxylic acids is 1. The second-order valence-corrected chi connectivity index (χ2v) is 9.85. The van der Waals surface area contributed by atoms with Crippen LogP contribution in [-0.2, 0) is 28.0 Å². The topological polar surface area (TPSA) is 136 Å². The average molecular weight is 519 g/mol. The summed E-state index contributed by atoms with van der Waals surface area (Å²) in [7, 11) is 0. The molecule has 190 valence electrons. The number of fused-ring (bicyclic) bond motifs is 2. The van der Waals surface area contributed by atoms with Crippen molar-refractivity contribution in [2.75, 3.05) is 11.1 Å². The van der Waals surface area contributed by atoms with E-state index < -0.39 is 11.4 Å². The Labute approximate surface area is 218 Å². The number of rotatable bonds is 8. The number of hydrogen-bond donors (Lipinski definition) is 3. The molecular weight excluding hydrogens is 492 g/mol. The third-order valence-corrected chi connectivity index (χ3v) is 7.17. The molecule has 4 N–H and O–H groups in total. The predicted molar refractivity (Wildman–Crippen MR) is 143 cm³/mol. The van der Waals surface area contributed by atoms with E-state index in [-0.39, 0.29) is 18.1 Å². The third-order valence-electron chi connectivity index (χ3n) is 6.93. The number of aromatic nitrogens is 4. The SMILES string of the molecule is CCCCn1nc(-c2nc(N)c3c(n2)NC(=O)C3(C)c2ccc(CCC(=O)O)cc2)c2ccc(Cl)cc21. The quantitative estimate of drug-likeness (QED) is 0.304. The Morgan fingerprint density at radius 3 is 2.65 bits per heavy atom. The van der Waals surface area contributed by atoms with Crippen LogP contribution in [0.15, 0.2) is 42.5 Å². The van der Waals surface area contributed by atoms with Gasteiger partial charge in [-0.05, 0) is 49.1 Å². The largest absolute Gasteiger partial charge is 0.481 e. The normalized spacial score (nSPS) is 16.7. The molecule has 2 aromatic heterocycles. The summed E-state index contributed by atoms with van der Waals surface area (Å²) in [6.45, 7) is 4.63. The maximum Gasteiger partial charge on any atom is 0.303 e. The van der Waals surface area contributed by atoms with Gasteiger partial charge in [-0.2, -0.15) is 5.10 Å². The lowest BCUT2D eigenvalue weighted by Crippen LogP contribution is -2.33. The minimum atomic E-state index is -1.10. The predicted octanol–water partition coefficient (Wildman–Crippen LogP) is 4.80. The van der Waals surface area contributed by atoms with Gasteiger partial charge in [0, 0.05) is 23.4 Å². The summed E-state index contributed by atoms with van der Waals surface area (Å²) in [5.41, 5.74) is 8.95. The zero-order valence-corrected chi connectivity index (χ0v) is 21.3. The number of nitrogen functional groups attached to an aromatic ring is 1. The molecule has 0 saturated carbocycles. The van der Waals surface area contributed by atoms with Crippen LogP contribution in [0.1, 0.15) is 49.8 Å². The first-order valence-electron chi connectivity index (χ1n) is 12.2. The second-order valence-electron chi connectivity index (χ2n) is 9.41. The van der Waals surface area contributed by atoms with E-state index in [9.17, 15) is 9.59 Å². The number of nitrogens with one attached hydrogen (secondary N) is 1. The lowest BCUT2D eigenvalue weighted by Gasteiger charge is -2.23. The van der Waals surface area contributed by atoms with Crippen molar-refractivity contribution in [3.05, 3.63) is 64.2 Å². The molecule has 1 atom stereocenters. The van der Waals surface area contributed by atoms with Crippen molar-refractivity contribution in [2.24, 2.45) is 0 Å². The number of hydrogen-bond acceptors (Lipinski definition) is 6. The number of nitrogens with zero attached hydrogens (tertiary/aromatic N) is 4. The van der Waals surface area contributed by atoms with Crippen LogP contribution in [0.25, 0.3) is 22.4 Å². The van der Waals surface area contributed by atoms with Gasteiger partial charge in [0.2, 0.25) is 5.91 Å². The lowest BCUT2D eigenvalue weighted by atomic mass is 9.77. The number of halogens is 1. The molecule has 0 radical (unpaired) electrons. The Bertz CT molecular complexity index is 1530.